The maximum Gasteiger partial charge on any atom is 0.223 e. The highest BCUT2D eigenvalue weighted by Crippen LogP contribution is 2.61. The van der Waals surface area contributed by atoms with Gasteiger partial charge in [-0.25, -0.2) is 8.42 Å². The van der Waals surface area contributed by atoms with E-state index in [0.717, 1.165) is 22.6 Å². The lowest BCUT2D eigenvalue weighted by molar-refractivity contribution is -0.142. The number of hydrogen-bond donors (Lipinski definition) is 0. The summed E-state index contributed by atoms with van der Waals surface area (Å²) in [5.74, 6) is 3.08. The van der Waals surface area contributed by atoms with Crippen LogP contribution in [0.25, 0.3) is 0 Å². The third-order valence-corrected chi connectivity index (χ3v) is 10.2. The van der Waals surface area contributed by atoms with E-state index in [1.165, 1.54) is 38.5 Å². The Kier molecular flexibility index (Phi) is 4.43. The van der Waals surface area contributed by atoms with Crippen molar-refractivity contribution in [1.29, 1.82) is 0 Å². The first-order valence-corrected chi connectivity index (χ1v) is 13.1. The van der Waals surface area contributed by atoms with Crippen molar-refractivity contribution in [2.24, 2.45) is 23.2 Å². The summed E-state index contributed by atoms with van der Waals surface area (Å²) in [5, 5.41) is 2.03. The monoisotopic (exact) mass is 407 g/mol. The zero-order valence-corrected chi connectivity index (χ0v) is 17.4. The minimum absolute atomic E-state index is 0.140. The van der Waals surface area contributed by atoms with Gasteiger partial charge in [0.25, 0.3) is 0 Å². The Balaban J connectivity index is 1.36. The highest BCUT2D eigenvalue weighted by atomic mass is 32.2. The van der Waals surface area contributed by atoms with E-state index < -0.39 is 9.84 Å². The third-order valence-electron chi connectivity index (χ3n) is 7.57. The van der Waals surface area contributed by atoms with Crippen LogP contribution in [0.3, 0.4) is 0 Å². The summed E-state index contributed by atoms with van der Waals surface area (Å²) in [4.78, 5) is 16.6. The van der Waals surface area contributed by atoms with Gasteiger partial charge in [-0.05, 0) is 79.6 Å². The summed E-state index contributed by atoms with van der Waals surface area (Å²) in [5.41, 5.74) is 0.205. The molecule has 4 nitrogen and oxygen atoms in total. The van der Waals surface area contributed by atoms with Crippen LogP contribution in [0.2, 0.25) is 0 Å². The van der Waals surface area contributed by atoms with E-state index in [2.05, 4.69) is 6.07 Å². The molecule has 1 aromatic heterocycles. The van der Waals surface area contributed by atoms with Crippen LogP contribution in [0, 0.1) is 23.2 Å². The molecule has 148 valence electrons. The lowest BCUT2D eigenvalue weighted by atomic mass is 9.49. The summed E-state index contributed by atoms with van der Waals surface area (Å²) in [7, 11) is -3.00. The Morgan fingerprint density at radius 2 is 1.81 bits per heavy atom. The first-order valence-electron chi connectivity index (χ1n) is 10.4. The molecule has 0 radical (unpaired) electrons. The fraction of sp³-hybridized carbons (Fsp3) is 0.762. The number of rotatable bonds is 5. The SMILES string of the molecule is O=C(CC12CC3CC(CC(C3)C1)C2)N(Cc1cccs1)C1CCS(=O)(=O)C1. The number of hydrogen-bond acceptors (Lipinski definition) is 4. The average Bonchev–Trinajstić information content (AvgIpc) is 3.19. The maximum absolute atomic E-state index is 13.5. The molecule has 5 fully saturated rings. The molecule has 5 aliphatic rings. The van der Waals surface area contributed by atoms with Gasteiger partial charge in [-0.15, -0.1) is 11.3 Å². The van der Waals surface area contributed by atoms with E-state index >= 15 is 0 Å². The first-order chi connectivity index (χ1) is 12.9. The molecule has 0 spiro atoms. The number of sulfone groups is 1. The fourth-order valence-corrected chi connectivity index (χ4v) is 9.37. The molecule has 1 aliphatic heterocycles. The summed E-state index contributed by atoms with van der Waals surface area (Å²) in [6.07, 6.45) is 9.05. The maximum atomic E-state index is 13.5. The molecule has 0 N–H and O–H groups in total. The standard InChI is InChI=1S/C21H29NO3S2/c23-20(12-21-9-15-6-16(10-21)8-17(7-15)11-21)22(13-19-2-1-4-26-19)18-3-5-27(24,25)14-18/h1-2,4,15-18H,3,5-14H2. The zero-order valence-electron chi connectivity index (χ0n) is 15.8. The summed E-state index contributed by atoms with van der Waals surface area (Å²) in [6.45, 7) is 0.572. The van der Waals surface area contributed by atoms with Crippen LogP contribution in [0.15, 0.2) is 17.5 Å². The largest absolute Gasteiger partial charge is 0.334 e. The van der Waals surface area contributed by atoms with Crippen molar-refractivity contribution in [2.75, 3.05) is 11.5 Å². The van der Waals surface area contributed by atoms with Gasteiger partial charge >= 0.3 is 0 Å². The Morgan fingerprint density at radius 1 is 1.15 bits per heavy atom. The van der Waals surface area contributed by atoms with Crippen molar-refractivity contribution in [2.45, 2.75) is 64.0 Å². The summed E-state index contributed by atoms with van der Waals surface area (Å²) in [6, 6.07) is 3.92. The van der Waals surface area contributed by atoms with Crippen molar-refractivity contribution in [1.82, 2.24) is 4.90 Å². The Bertz CT molecular complexity index is 779. The first kappa shape index (κ1) is 18.2. The van der Waals surface area contributed by atoms with Crippen LogP contribution in [-0.4, -0.2) is 36.8 Å². The van der Waals surface area contributed by atoms with Gasteiger partial charge in [0.05, 0.1) is 18.1 Å². The molecule has 6 heteroatoms. The molecule has 1 atom stereocenters. The molecule has 4 saturated carbocycles. The molecule has 4 bridgehead atoms. The topological polar surface area (TPSA) is 54.5 Å². The molecule has 1 aromatic rings. The smallest absolute Gasteiger partial charge is 0.223 e. The van der Waals surface area contributed by atoms with Gasteiger partial charge in [-0.1, -0.05) is 6.07 Å². The highest BCUT2D eigenvalue weighted by Gasteiger charge is 2.52. The van der Waals surface area contributed by atoms with Crippen molar-refractivity contribution < 1.29 is 13.2 Å². The second kappa shape index (κ2) is 6.58. The van der Waals surface area contributed by atoms with E-state index in [1.807, 2.05) is 16.3 Å². The van der Waals surface area contributed by atoms with Gasteiger partial charge in [0, 0.05) is 17.3 Å². The van der Waals surface area contributed by atoms with E-state index in [9.17, 15) is 13.2 Å². The minimum Gasteiger partial charge on any atom is -0.334 e. The van der Waals surface area contributed by atoms with Gasteiger partial charge < -0.3 is 4.90 Å². The second-order valence-electron chi connectivity index (χ2n) is 9.75. The van der Waals surface area contributed by atoms with Gasteiger partial charge in [0.2, 0.25) is 5.91 Å². The number of carbonyl (C=O) groups excluding carboxylic acids is 1. The van der Waals surface area contributed by atoms with Crippen LogP contribution in [-0.2, 0) is 21.2 Å². The van der Waals surface area contributed by atoms with Crippen LogP contribution < -0.4 is 0 Å². The molecule has 1 saturated heterocycles. The fourth-order valence-electron chi connectivity index (χ4n) is 6.94. The van der Waals surface area contributed by atoms with Crippen LogP contribution in [0.4, 0.5) is 0 Å². The summed E-state index contributed by atoms with van der Waals surface area (Å²) >= 11 is 1.65. The number of thiophene rings is 1. The van der Waals surface area contributed by atoms with Gasteiger partial charge in [0.1, 0.15) is 0 Å². The van der Waals surface area contributed by atoms with Crippen molar-refractivity contribution in [3.8, 4) is 0 Å². The zero-order chi connectivity index (χ0) is 18.6. The average molecular weight is 408 g/mol. The van der Waals surface area contributed by atoms with Crippen LogP contribution >= 0.6 is 11.3 Å². The molecular formula is C21H29NO3S2. The summed E-state index contributed by atoms with van der Waals surface area (Å²) < 4.78 is 24.1. The lowest BCUT2D eigenvalue weighted by Crippen LogP contribution is -2.49. The van der Waals surface area contributed by atoms with Crippen molar-refractivity contribution in [3.63, 3.8) is 0 Å². The Hall–Kier alpha value is -0.880. The minimum atomic E-state index is -3.00. The van der Waals surface area contributed by atoms with Crippen LogP contribution in [0.1, 0.15) is 56.2 Å². The highest BCUT2D eigenvalue weighted by molar-refractivity contribution is 7.91. The van der Waals surface area contributed by atoms with E-state index in [-0.39, 0.29) is 28.9 Å². The van der Waals surface area contributed by atoms with Gasteiger partial charge in [-0.2, -0.15) is 0 Å². The number of amides is 1. The molecular weight excluding hydrogens is 378 g/mol. The Labute approximate surface area is 166 Å². The predicted molar refractivity (Wildman–Crippen MR) is 107 cm³/mol. The second-order valence-corrected chi connectivity index (χ2v) is 13.0. The molecule has 1 unspecified atom stereocenters. The lowest BCUT2D eigenvalue weighted by Gasteiger charge is -2.57. The molecule has 4 aliphatic carbocycles. The molecule has 6 rings (SSSR count). The van der Waals surface area contributed by atoms with Crippen molar-refractivity contribution >= 4 is 27.1 Å². The Morgan fingerprint density at radius 3 is 2.33 bits per heavy atom. The molecule has 0 aromatic carbocycles. The quantitative estimate of drug-likeness (QED) is 0.744. The molecule has 2 heterocycles. The third kappa shape index (κ3) is 3.59. The van der Waals surface area contributed by atoms with E-state index in [0.29, 0.717) is 19.4 Å². The normalized spacial score (nSPS) is 39.0. The van der Waals surface area contributed by atoms with Crippen molar-refractivity contribution in [3.05, 3.63) is 22.4 Å². The van der Waals surface area contributed by atoms with E-state index in [4.69, 9.17) is 0 Å². The number of nitrogens with zero attached hydrogens (tertiary/aromatic N) is 1. The number of carbonyl (C=O) groups is 1. The van der Waals surface area contributed by atoms with E-state index in [1.54, 1.807) is 11.3 Å². The molecule has 1 amide bonds. The van der Waals surface area contributed by atoms with Gasteiger partial charge in [0.15, 0.2) is 9.84 Å². The van der Waals surface area contributed by atoms with Crippen LogP contribution in [0.5, 0.6) is 0 Å². The van der Waals surface area contributed by atoms with Gasteiger partial charge in [-0.3, -0.25) is 4.79 Å². The molecule has 27 heavy (non-hydrogen) atoms. The predicted octanol–water partition coefficient (Wildman–Crippen LogP) is 3.87.